The van der Waals surface area contributed by atoms with E-state index >= 15 is 0 Å². The fourth-order valence-electron chi connectivity index (χ4n) is 9.91. The highest BCUT2D eigenvalue weighted by atomic mass is 31.2. The minimum Gasteiger partial charge on any atom is -0.462 e. The van der Waals surface area contributed by atoms with Crippen LogP contribution in [0.2, 0.25) is 0 Å². The van der Waals surface area contributed by atoms with Crippen molar-refractivity contribution in [2.75, 3.05) is 19.6 Å². The van der Waals surface area contributed by atoms with Crippen molar-refractivity contribution in [2.24, 2.45) is 0 Å². The number of hydrogen-bond donors (Lipinski definition) is 10. The van der Waals surface area contributed by atoms with Crippen LogP contribution in [0.4, 0.5) is 0 Å². The number of ether oxygens (including phenoxy) is 4. The minimum atomic E-state index is -4.76. The van der Waals surface area contributed by atoms with E-state index in [1.54, 1.807) is 0 Å². The van der Waals surface area contributed by atoms with Gasteiger partial charge in [0.15, 0.2) is 12.6 Å². The molecule has 19 nitrogen and oxygen atoms in total. The molecule has 2 saturated heterocycles. The molecule has 13 atom stereocenters. The molecular formula is C55H105N2O17P. The van der Waals surface area contributed by atoms with Crippen molar-refractivity contribution in [1.29, 1.82) is 0 Å². The van der Waals surface area contributed by atoms with Crippen LogP contribution in [0, 0.1) is 0 Å². The molecule has 20 heteroatoms. The van der Waals surface area contributed by atoms with Crippen molar-refractivity contribution in [1.82, 2.24) is 10.6 Å². The molecule has 0 aliphatic carbocycles. The molecule has 2 heterocycles. The normalized spacial score (nSPS) is 25.6. The number of carbonyl (C=O) groups excluding carboxylic acids is 3. The molecule has 2 aliphatic heterocycles. The van der Waals surface area contributed by atoms with Gasteiger partial charge in [0.25, 0.3) is 0 Å². The molecule has 2 fully saturated rings. The number of aliphatic hydroxyl groups excluding tert-OH is 7. The SMILES string of the molecule is CCCCCCCCCCCCCC(=O)O[C@H](CCCCCCCCCCC)CC(=O)N[C@H]1C(O)[C@H](OP(=O)(O)CO)C(CO)O[C@H]1OCC1O[C@H](O)C(NC(=O)C[C@H](O)CCCCCCCCCCC)[C@@H](O)[C@@H]1O. The largest absolute Gasteiger partial charge is 0.462 e. The lowest BCUT2D eigenvalue weighted by Gasteiger charge is -2.45. The van der Waals surface area contributed by atoms with Crippen molar-refractivity contribution in [2.45, 2.75) is 313 Å². The second-order valence-electron chi connectivity index (χ2n) is 21.3. The Labute approximate surface area is 449 Å². The van der Waals surface area contributed by atoms with Gasteiger partial charge in [-0.3, -0.25) is 23.5 Å². The number of unbranched alkanes of at least 4 members (excludes halogenated alkanes) is 26. The average molecular weight is 1100 g/mol. The first-order chi connectivity index (χ1) is 36.1. The molecular weight excluding hydrogens is 992 g/mol. The Morgan fingerprint density at radius 3 is 1.51 bits per heavy atom. The van der Waals surface area contributed by atoms with Crippen LogP contribution >= 0.6 is 7.60 Å². The first kappa shape index (κ1) is 69.3. The first-order valence-electron chi connectivity index (χ1n) is 29.4. The number of amides is 2. The molecule has 75 heavy (non-hydrogen) atoms. The van der Waals surface area contributed by atoms with Crippen LogP contribution in [0.15, 0.2) is 0 Å². The highest BCUT2D eigenvalue weighted by Crippen LogP contribution is 2.45. The Balaban J connectivity index is 2.10. The van der Waals surface area contributed by atoms with Crippen molar-refractivity contribution < 1.29 is 83.1 Å². The van der Waals surface area contributed by atoms with Crippen molar-refractivity contribution in [3.8, 4) is 0 Å². The Hall–Kier alpha value is -1.84. The van der Waals surface area contributed by atoms with Crippen LogP contribution in [-0.4, -0.2) is 151 Å². The fraction of sp³-hybridized carbons (Fsp3) is 0.945. The molecule has 5 unspecified atom stereocenters. The van der Waals surface area contributed by atoms with E-state index in [4.69, 9.17) is 23.5 Å². The van der Waals surface area contributed by atoms with E-state index in [0.717, 1.165) is 70.6 Å². The van der Waals surface area contributed by atoms with E-state index in [1.165, 1.54) is 103 Å². The second kappa shape index (κ2) is 42.1. The van der Waals surface area contributed by atoms with Gasteiger partial charge in [0, 0.05) is 6.42 Å². The average Bonchev–Trinajstić information content (AvgIpc) is 3.37. The number of aliphatic hydroxyl groups is 7. The molecule has 0 aromatic carbocycles. The summed E-state index contributed by atoms with van der Waals surface area (Å²) in [5.41, 5.74) is 0. The van der Waals surface area contributed by atoms with Gasteiger partial charge < -0.3 is 70.2 Å². The van der Waals surface area contributed by atoms with Gasteiger partial charge in [0.2, 0.25) is 11.8 Å². The molecule has 10 N–H and O–H groups in total. The van der Waals surface area contributed by atoms with Crippen molar-refractivity contribution in [3.05, 3.63) is 0 Å². The summed E-state index contributed by atoms with van der Waals surface area (Å²) in [4.78, 5) is 50.2. The molecule has 2 amide bonds. The van der Waals surface area contributed by atoms with Crippen LogP contribution in [0.3, 0.4) is 0 Å². The molecule has 0 radical (unpaired) electrons. The van der Waals surface area contributed by atoms with Gasteiger partial charge in [-0.1, -0.05) is 194 Å². The highest BCUT2D eigenvalue weighted by molar-refractivity contribution is 7.52. The van der Waals surface area contributed by atoms with Gasteiger partial charge in [-0.2, -0.15) is 0 Å². The molecule has 0 aromatic rings. The summed E-state index contributed by atoms with van der Waals surface area (Å²) >= 11 is 0. The topological polar surface area (TPSA) is 300 Å². The maximum atomic E-state index is 13.9. The standard InChI is InChI=1S/C55H105N2O17P/c1-4-7-10-13-16-19-20-23-26-29-32-35-47(63)71-42(34-31-28-25-22-18-15-12-9-6-3)37-46(62)57-49-52(66)53(74-75(68,69)40-59)43(38-58)73-55(49)70-39-44-50(64)51(65)48(54(67)72-44)56-45(61)36-41(60)33-30-27-24-21-17-14-11-8-5-2/h41-44,48-55,58-60,64-67H,4-40H2,1-3H3,(H,56,61)(H,57,62)(H,68,69)/t41-,42-,43?,44?,48?,49+,50-,51-,52?,53-,54+,55-/m1/s1. The zero-order valence-corrected chi connectivity index (χ0v) is 47.2. The second-order valence-corrected chi connectivity index (χ2v) is 23.1. The summed E-state index contributed by atoms with van der Waals surface area (Å²) in [5, 5.41) is 80.1. The zero-order chi connectivity index (χ0) is 55.3. The van der Waals surface area contributed by atoms with Gasteiger partial charge in [-0.25, -0.2) is 0 Å². The van der Waals surface area contributed by atoms with E-state index < -0.39 is 118 Å². The maximum absolute atomic E-state index is 13.9. The monoisotopic (exact) mass is 1100 g/mol. The molecule has 0 bridgehead atoms. The van der Waals surface area contributed by atoms with E-state index in [0.29, 0.717) is 25.7 Å². The van der Waals surface area contributed by atoms with E-state index in [2.05, 4.69) is 31.4 Å². The summed E-state index contributed by atoms with van der Waals surface area (Å²) in [6, 6.07) is -3.09. The number of nitrogens with one attached hydrogen (secondary N) is 2. The third-order valence-electron chi connectivity index (χ3n) is 14.5. The lowest BCUT2D eigenvalue weighted by atomic mass is 9.95. The number of hydrogen-bond acceptors (Lipinski definition) is 16. The third-order valence-corrected chi connectivity index (χ3v) is 15.4. The molecule has 0 aromatic heterocycles. The maximum Gasteiger partial charge on any atom is 0.353 e. The molecule has 2 aliphatic rings. The number of carbonyl (C=O) groups is 3. The smallest absolute Gasteiger partial charge is 0.353 e. The van der Waals surface area contributed by atoms with Crippen LogP contribution in [0.5, 0.6) is 0 Å². The van der Waals surface area contributed by atoms with Gasteiger partial charge in [-0.15, -0.1) is 0 Å². The lowest BCUT2D eigenvalue weighted by Crippen LogP contribution is -2.67. The van der Waals surface area contributed by atoms with Crippen LogP contribution in [0.1, 0.15) is 239 Å². The first-order valence-corrected chi connectivity index (χ1v) is 31.2. The van der Waals surface area contributed by atoms with Crippen molar-refractivity contribution >= 4 is 25.4 Å². The Morgan fingerprint density at radius 2 is 1.01 bits per heavy atom. The summed E-state index contributed by atoms with van der Waals surface area (Å²) in [5.74, 6) is -1.82. The fourth-order valence-corrected chi connectivity index (χ4v) is 10.6. The van der Waals surface area contributed by atoms with Crippen LogP contribution in [0.25, 0.3) is 0 Å². The summed E-state index contributed by atoms with van der Waals surface area (Å²) < 4.78 is 41.0. The van der Waals surface area contributed by atoms with E-state index in [1.807, 2.05) is 0 Å². The Morgan fingerprint density at radius 1 is 0.560 bits per heavy atom. The van der Waals surface area contributed by atoms with Gasteiger partial charge >= 0.3 is 13.6 Å². The van der Waals surface area contributed by atoms with E-state index in [9.17, 15) is 59.6 Å². The van der Waals surface area contributed by atoms with Gasteiger partial charge in [0.1, 0.15) is 61.2 Å². The predicted molar refractivity (Wildman–Crippen MR) is 286 cm³/mol. The Bertz CT molecular complexity index is 1520. The molecule has 442 valence electrons. The zero-order valence-electron chi connectivity index (χ0n) is 46.3. The predicted octanol–water partition coefficient (Wildman–Crippen LogP) is 7.61. The van der Waals surface area contributed by atoms with Crippen LogP contribution < -0.4 is 10.6 Å². The van der Waals surface area contributed by atoms with Crippen LogP contribution in [-0.2, 0) is 42.4 Å². The summed E-state index contributed by atoms with van der Waals surface area (Å²) in [7, 11) is -4.76. The molecule has 2 rings (SSSR count). The van der Waals surface area contributed by atoms with Gasteiger partial charge in [0.05, 0.1) is 32.2 Å². The van der Waals surface area contributed by atoms with E-state index in [-0.39, 0.29) is 19.3 Å². The third kappa shape index (κ3) is 30.4. The van der Waals surface area contributed by atoms with Gasteiger partial charge in [-0.05, 0) is 25.7 Å². The molecule has 0 saturated carbocycles. The molecule has 0 spiro atoms. The summed E-state index contributed by atoms with van der Waals surface area (Å²) in [6.07, 6.45) is 15.2. The number of rotatable bonds is 46. The van der Waals surface area contributed by atoms with Crippen molar-refractivity contribution in [3.63, 3.8) is 0 Å². The quantitative estimate of drug-likeness (QED) is 0.0159. The lowest BCUT2D eigenvalue weighted by molar-refractivity contribution is -0.296. The highest BCUT2D eigenvalue weighted by Gasteiger charge is 2.51. The number of esters is 1. The Kier molecular flexibility index (Phi) is 38.9. The summed E-state index contributed by atoms with van der Waals surface area (Å²) in [6.45, 7) is 5.02. The minimum absolute atomic E-state index is 0.194.